The van der Waals surface area contributed by atoms with E-state index in [1.165, 1.54) is 19.4 Å². The normalized spacial score (nSPS) is 20.2. The highest BCUT2D eigenvalue weighted by Crippen LogP contribution is 2.27. The maximum atomic E-state index is 3.93. The summed E-state index contributed by atoms with van der Waals surface area (Å²) in [5.74, 6) is 0. The standard InChI is InChI=1S/C13H24N2/c1-11(2)12(3)14-8-10-15-9-6-7-13(15,4)5/h14H,1,3,6-10H2,2,4-5H3. The Bertz CT molecular complexity index is 253. The molecule has 0 spiro atoms. The Labute approximate surface area is 94.0 Å². The van der Waals surface area contributed by atoms with E-state index in [4.69, 9.17) is 0 Å². The highest BCUT2D eigenvalue weighted by molar-refractivity contribution is 5.20. The fraction of sp³-hybridized carbons (Fsp3) is 0.692. The highest BCUT2D eigenvalue weighted by atomic mass is 15.2. The van der Waals surface area contributed by atoms with Crippen molar-refractivity contribution in [1.29, 1.82) is 0 Å². The van der Waals surface area contributed by atoms with E-state index in [2.05, 4.69) is 37.2 Å². The van der Waals surface area contributed by atoms with Crippen LogP contribution in [0.3, 0.4) is 0 Å². The van der Waals surface area contributed by atoms with Crippen molar-refractivity contribution >= 4 is 0 Å². The van der Waals surface area contributed by atoms with Crippen LogP contribution in [0, 0.1) is 0 Å². The molecule has 1 fully saturated rings. The molecular formula is C13H24N2. The van der Waals surface area contributed by atoms with Crippen LogP contribution in [0.5, 0.6) is 0 Å². The number of hydrogen-bond donors (Lipinski definition) is 1. The molecule has 0 aliphatic carbocycles. The van der Waals surface area contributed by atoms with E-state index in [1.807, 2.05) is 6.92 Å². The lowest BCUT2D eigenvalue weighted by molar-refractivity contribution is 0.177. The molecule has 1 aliphatic heterocycles. The number of nitrogens with zero attached hydrogens (tertiary/aromatic N) is 1. The van der Waals surface area contributed by atoms with Crippen LogP contribution in [-0.4, -0.2) is 30.1 Å². The Balaban J connectivity index is 2.26. The zero-order valence-corrected chi connectivity index (χ0v) is 10.4. The van der Waals surface area contributed by atoms with E-state index in [0.29, 0.717) is 5.54 Å². The lowest BCUT2D eigenvalue weighted by atomic mass is 10.0. The number of hydrogen-bond acceptors (Lipinski definition) is 2. The van der Waals surface area contributed by atoms with Gasteiger partial charge >= 0.3 is 0 Å². The zero-order valence-electron chi connectivity index (χ0n) is 10.4. The third-order valence-corrected chi connectivity index (χ3v) is 3.31. The molecule has 0 unspecified atom stereocenters. The maximum Gasteiger partial charge on any atom is 0.0291 e. The molecule has 1 rings (SSSR count). The van der Waals surface area contributed by atoms with Gasteiger partial charge in [0.15, 0.2) is 0 Å². The summed E-state index contributed by atoms with van der Waals surface area (Å²) in [7, 11) is 0. The van der Waals surface area contributed by atoms with Crippen molar-refractivity contribution in [2.24, 2.45) is 0 Å². The van der Waals surface area contributed by atoms with Crippen molar-refractivity contribution < 1.29 is 0 Å². The smallest absolute Gasteiger partial charge is 0.0291 e. The fourth-order valence-corrected chi connectivity index (χ4v) is 2.07. The molecule has 0 bridgehead atoms. The summed E-state index contributed by atoms with van der Waals surface area (Å²) in [5.41, 5.74) is 2.37. The Hall–Kier alpha value is -0.760. The molecule has 0 aromatic rings. The summed E-state index contributed by atoms with van der Waals surface area (Å²) in [5, 5.41) is 3.31. The molecule has 1 N–H and O–H groups in total. The average Bonchev–Trinajstić information content (AvgIpc) is 2.45. The minimum absolute atomic E-state index is 0.381. The van der Waals surface area contributed by atoms with Gasteiger partial charge in [0.1, 0.15) is 0 Å². The first-order valence-corrected chi connectivity index (χ1v) is 5.77. The summed E-state index contributed by atoms with van der Waals surface area (Å²) < 4.78 is 0. The van der Waals surface area contributed by atoms with Crippen molar-refractivity contribution in [3.8, 4) is 0 Å². The van der Waals surface area contributed by atoms with Crippen LogP contribution in [0.15, 0.2) is 24.4 Å². The van der Waals surface area contributed by atoms with Crippen LogP contribution in [-0.2, 0) is 0 Å². The molecule has 15 heavy (non-hydrogen) atoms. The second kappa shape index (κ2) is 4.84. The predicted molar refractivity (Wildman–Crippen MR) is 66.8 cm³/mol. The molecule has 0 aromatic heterocycles. The highest BCUT2D eigenvalue weighted by Gasteiger charge is 2.30. The first-order valence-electron chi connectivity index (χ1n) is 5.77. The van der Waals surface area contributed by atoms with Gasteiger partial charge in [-0.2, -0.15) is 0 Å². The van der Waals surface area contributed by atoms with Crippen LogP contribution in [0.1, 0.15) is 33.6 Å². The van der Waals surface area contributed by atoms with Gasteiger partial charge in [-0.05, 0) is 45.7 Å². The van der Waals surface area contributed by atoms with E-state index in [9.17, 15) is 0 Å². The zero-order chi connectivity index (χ0) is 11.5. The summed E-state index contributed by atoms with van der Waals surface area (Å²) in [4.78, 5) is 2.55. The molecule has 1 saturated heterocycles. The molecule has 0 radical (unpaired) electrons. The average molecular weight is 208 g/mol. The van der Waals surface area contributed by atoms with Gasteiger partial charge in [-0.15, -0.1) is 0 Å². The molecule has 0 aromatic carbocycles. The van der Waals surface area contributed by atoms with E-state index < -0.39 is 0 Å². The molecule has 1 heterocycles. The van der Waals surface area contributed by atoms with E-state index >= 15 is 0 Å². The second-order valence-electron chi connectivity index (χ2n) is 5.09. The summed E-state index contributed by atoms with van der Waals surface area (Å²) in [6.07, 6.45) is 2.64. The topological polar surface area (TPSA) is 15.3 Å². The van der Waals surface area contributed by atoms with Crippen molar-refractivity contribution in [2.75, 3.05) is 19.6 Å². The molecule has 2 heteroatoms. The largest absolute Gasteiger partial charge is 0.384 e. The van der Waals surface area contributed by atoms with E-state index in [1.54, 1.807) is 0 Å². The number of allylic oxidation sites excluding steroid dienone is 1. The monoisotopic (exact) mass is 208 g/mol. The summed E-state index contributed by atoms with van der Waals surface area (Å²) in [6.45, 7) is 17.7. The molecule has 1 aliphatic rings. The second-order valence-corrected chi connectivity index (χ2v) is 5.09. The van der Waals surface area contributed by atoms with Gasteiger partial charge in [-0.1, -0.05) is 13.2 Å². The number of likely N-dealkylation sites (tertiary alicyclic amines) is 1. The van der Waals surface area contributed by atoms with Crippen molar-refractivity contribution in [3.63, 3.8) is 0 Å². The van der Waals surface area contributed by atoms with Crippen LogP contribution >= 0.6 is 0 Å². The van der Waals surface area contributed by atoms with Crippen molar-refractivity contribution in [1.82, 2.24) is 10.2 Å². The van der Waals surface area contributed by atoms with Gasteiger partial charge in [-0.3, -0.25) is 4.90 Å². The van der Waals surface area contributed by atoms with E-state index in [-0.39, 0.29) is 0 Å². The van der Waals surface area contributed by atoms with Crippen LogP contribution in [0.25, 0.3) is 0 Å². The van der Waals surface area contributed by atoms with Gasteiger partial charge in [0.25, 0.3) is 0 Å². The van der Waals surface area contributed by atoms with Crippen LogP contribution < -0.4 is 5.32 Å². The van der Waals surface area contributed by atoms with Gasteiger partial charge in [0.05, 0.1) is 0 Å². The third-order valence-electron chi connectivity index (χ3n) is 3.31. The lowest BCUT2D eigenvalue weighted by Gasteiger charge is -2.31. The quantitative estimate of drug-likeness (QED) is 0.698. The molecule has 0 amide bonds. The van der Waals surface area contributed by atoms with Crippen molar-refractivity contribution in [3.05, 3.63) is 24.4 Å². The minimum atomic E-state index is 0.381. The van der Waals surface area contributed by atoms with Gasteiger partial charge < -0.3 is 5.32 Å². The predicted octanol–water partition coefficient (Wildman–Crippen LogP) is 2.54. The van der Waals surface area contributed by atoms with Gasteiger partial charge in [0.2, 0.25) is 0 Å². The number of nitrogens with one attached hydrogen (secondary N) is 1. The molecular weight excluding hydrogens is 184 g/mol. The Morgan fingerprint density at radius 1 is 1.40 bits per heavy atom. The molecule has 86 valence electrons. The first-order chi connectivity index (χ1) is 6.93. The molecule has 0 atom stereocenters. The van der Waals surface area contributed by atoms with E-state index in [0.717, 1.165) is 24.4 Å². The Morgan fingerprint density at radius 2 is 2.07 bits per heavy atom. The number of rotatable bonds is 5. The fourth-order valence-electron chi connectivity index (χ4n) is 2.07. The van der Waals surface area contributed by atoms with Crippen LogP contribution in [0.2, 0.25) is 0 Å². The maximum absolute atomic E-state index is 3.93. The van der Waals surface area contributed by atoms with Crippen molar-refractivity contribution in [2.45, 2.75) is 39.2 Å². The molecule has 0 saturated carbocycles. The van der Waals surface area contributed by atoms with Gasteiger partial charge in [-0.25, -0.2) is 0 Å². The first kappa shape index (κ1) is 12.3. The molecule has 2 nitrogen and oxygen atoms in total. The third kappa shape index (κ3) is 3.38. The lowest BCUT2D eigenvalue weighted by Crippen LogP contribution is -2.41. The minimum Gasteiger partial charge on any atom is -0.384 e. The summed E-state index contributed by atoms with van der Waals surface area (Å²) >= 11 is 0. The Kier molecular flexibility index (Phi) is 3.97. The SMILES string of the molecule is C=C(C)C(=C)NCCN1CCCC1(C)C. The Morgan fingerprint density at radius 3 is 2.53 bits per heavy atom. The van der Waals surface area contributed by atoms with Crippen LogP contribution in [0.4, 0.5) is 0 Å². The summed E-state index contributed by atoms with van der Waals surface area (Å²) in [6, 6.07) is 0. The van der Waals surface area contributed by atoms with Gasteiger partial charge in [0, 0.05) is 24.3 Å².